The molecule has 1 N–H and O–H groups in total. The van der Waals surface area contributed by atoms with E-state index in [0.717, 1.165) is 5.56 Å². The van der Waals surface area contributed by atoms with E-state index in [0.29, 0.717) is 32.7 Å². The van der Waals surface area contributed by atoms with Gasteiger partial charge in [0.2, 0.25) is 0 Å². The molecule has 0 saturated carbocycles. The molecule has 1 aromatic carbocycles. The summed E-state index contributed by atoms with van der Waals surface area (Å²) in [6.07, 6.45) is -0.539. The van der Waals surface area contributed by atoms with E-state index in [1.165, 1.54) is 8.61 Å². The Hall–Kier alpha value is -0.990. The van der Waals surface area contributed by atoms with E-state index >= 15 is 0 Å². The number of hydrogen-bond donors (Lipinski definition) is 1. The molecule has 0 spiro atoms. The lowest BCUT2D eigenvalue weighted by molar-refractivity contribution is 0.0911. The van der Waals surface area contributed by atoms with Gasteiger partial charge in [0, 0.05) is 46.8 Å². The zero-order valence-corrected chi connectivity index (χ0v) is 13.3. The van der Waals surface area contributed by atoms with Crippen molar-refractivity contribution in [2.75, 3.05) is 46.8 Å². The quantitative estimate of drug-likeness (QED) is 0.840. The SMILES string of the molecule is CN(C)S(=O)(=O)N1CCN(C[C@@H](O)c2ccccc2)CC1. The summed E-state index contributed by atoms with van der Waals surface area (Å²) < 4.78 is 26.8. The average Bonchev–Trinajstić information content (AvgIpc) is 2.48. The first-order valence-electron chi connectivity index (χ1n) is 7.04. The maximum atomic E-state index is 12.0. The Bertz CT molecular complexity index is 540. The Labute approximate surface area is 126 Å². The Morgan fingerprint density at radius 2 is 1.71 bits per heavy atom. The van der Waals surface area contributed by atoms with Crippen molar-refractivity contribution in [3.63, 3.8) is 0 Å². The molecule has 1 atom stereocenters. The molecule has 7 heteroatoms. The summed E-state index contributed by atoms with van der Waals surface area (Å²) in [4.78, 5) is 2.10. The van der Waals surface area contributed by atoms with E-state index in [1.54, 1.807) is 14.1 Å². The number of β-amino-alcohol motifs (C(OH)–C–C–N with tert-alkyl or cyclic N) is 1. The van der Waals surface area contributed by atoms with Crippen molar-refractivity contribution in [1.82, 2.24) is 13.5 Å². The highest BCUT2D eigenvalue weighted by atomic mass is 32.2. The van der Waals surface area contributed by atoms with Crippen molar-refractivity contribution in [2.45, 2.75) is 6.10 Å². The fourth-order valence-electron chi connectivity index (χ4n) is 2.40. The summed E-state index contributed by atoms with van der Waals surface area (Å²) in [6.45, 7) is 2.72. The van der Waals surface area contributed by atoms with E-state index in [2.05, 4.69) is 4.90 Å². The summed E-state index contributed by atoms with van der Waals surface area (Å²) >= 11 is 0. The molecule has 118 valence electrons. The van der Waals surface area contributed by atoms with Crippen LogP contribution in [0.1, 0.15) is 11.7 Å². The highest BCUT2D eigenvalue weighted by Gasteiger charge is 2.29. The van der Waals surface area contributed by atoms with Gasteiger partial charge in [-0.3, -0.25) is 4.90 Å². The predicted octanol–water partition coefficient (Wildman–Crippen LogP) is 0.144. The number of benzene rings is 1. The van der Waals surface area contributed by atoms with Crippen LogP contribution in [0.3, 0.4) is 0 Å². The molecule has 2 rings (SSSR count). The lowest BCUT2D eigenvalue weighted by Gasteiger charge is -2.35. The van der Waals surface area contributed by atoms with E-state index in [4.69, 9.17) is 0 Å². The molecule has 1 aliphatic rings. The van der Waals surface area contributed by atoms with Gasteiger partial charge in [-0.2, -0.15) is 17.0 Å². The standard InChI is InChI=1S/C14H23N3O3S/c1-15(2)21(19,20)17-10-8-16(9-11-17)12-14(18)13-6-4-3-5-7-13/h3-7,14,18H,8-12H2,1-2H3/t14-/m1/s1. The van der Waals surface area contributed by atoms with Crippen LogP contribution in [0.4, 0.5) is 0 Å². The second kappa shape index (κ2) is 6.85. The number of piperazine rings is 1. The third-order valence-electron chi connectivity index (χ3n) is 3.73. The van der Waals surface area contributed by atoms with Crippen molar-refractivity contribution in [1.29, 1.82) is 0 Å². The van der Waals surface area contributed by atoms with Crippen LogP contribution >= 0.6 is 0 Å². The molecule has 0 radical (unpaired) electrons. The predicted molar refractivity (Wildman–Crippen MR) is 82.0 cm³/mol. The van der Waals surface area contributed by atoms with Crippen LogP contribution in [0.5, 0.6) is 0 Å². The second-order valence-electron chi connectivity index (χ2n) is 5.42. The molecule has 6 nitrogen and oxygen atoms in total. The van der Waals surface area contributed by atoms with Crippen molar-refractivity contribution in [3.8, 4) is 0 Å². The summed E-state index contributed by atoms with van der Waals surface area (Å²) in [5.74, 6) is 0. The van der Waals surface area contributed by atoms with Gasteiger partial charge in [0.1, 0.15) is 0 Å². The molecule has 1 saturated heterocycles. The first kappa shape index (κ1) is 16.4. The molecule has 21 heavy (non-hydrogen) atoms. The lowest BCUT2D eigenvalue weighted by Crippen LogP contribution is -2.52. The molecule has 0 amide bonds. The summed E-state index contributed by atoms with van der Waals surface area (Å²) in [5.41, 5.74) is 0.890. The number of aliphatic hydroxyl groups is 1. The largest absolute Gasteiger partial charge is 0.387 e. The highest BCUT2D eigenvalue weighted by molar-refractivity contribution is 7.86. The fourth-order valence-corrected chi connectivity index (χ4v) is 3.49. The number of rotatable bonds is 5. The minimum Gasteiger partial charge on any atom is -0.387 e. The van der Waals surface area contributed by atoms with Crippen LogP contribution in [-0.4, -0.2) is 73.9 Å². The third kappa shape index (κ3) is 4.02. The van der Waals surface area contributed by atoms with Crippen molar-refractivity contribution in [3.05, 3.63) is 35.9 Å². The van der Waals surface area contributed by atoms with Crippen molar-refractivity contribution >= 4 is 10.2 Å². The van der Waals surface area contributed by atoms with Crippen molar-refractivity contribution < 1.29 is 13.5 Å². The molecule has 0 unspecified atom stereocenters. The molecule has 0 aliphatic carbocycles. The highest BCUT2D eigenvalue weighted by Crippen LogP contribution is 2.16. The maximum Gasteiger partial charge on any atom is 0.281 e. The molecule has 1 aromatic rings. The van der Waals surface area contributed by atoms with Gasteiger partial charge in [0.25, 0.3) is 10.2 Å². The summed E-state index contributed by atoms with van der Waals surface area (Å²) in [7, 11) is -0.241. The van der Waals surface area contributed by atoms with Crippen LogP contribution < -0.4 is 0 Å². The van der Waals surface area contributed by atoms with E-state index in [-0.39, 0.29) is 0 Å². The van der Waals surface area contributed by atoms with Crippen LogP contribution in [0.15, 0.2) is 30.3 Å². The smallest absolute Gasteiger partial charge is 0.281 e. The Kier molecular flexibility index (Phi) is 5.34. The zero-order chi connectivity index (χ0) is 15.5. The van der Waals surface area contributed by atoms with E-state index in [9.17, 15) is 13.5 Å². The Morgan fingerprint density at radius 3 is 2.24 bits per heavy atom. The first-order valence-corrected chi connectivity index (χ1v) is 8.44. The van der Waals surface area contributed by atoms with Gasteiger partial charge >= 0.3 is 0 Å². The average molecular weight is 313 g/mol. The van der Waals surface area contributed by atoms with Crippen LogP contribution in [-0.2, 0) is 10.2 Å². The topological polar surface area (TPSA) is 64.1 Å². The molecule has 1 heterocycles. The second-order valence-corrected chi connectivity index (χ2v) is 7.56. The van der Waals surface area contributed by atoms with Gasteiger partial charge in [0.15, 0.2) is 0 Å². The van der Waals surface area contributed by atoms with E-state index < -0.39 is 16.3 Å². The number of nitrogens with zero attached hydrogens (tertiary/aromatic N) is 3. The van der Waals surface area contributed by atoms with Gasteiger partial charge < -0.3 is 5.11 Å². The summed E-state index contributed by atoms with van der Waals surface area (Å²) in [6, 6.07) is 9.52. The monoisotopic (exact) mass is 313 g/mol. The molecule has 0 aromatic heterocycles. The minimum absolute atomic E-state index is 0.460. The fraction of sp³-hybridized carbons (Fsp3) is 0.571. The van der Waals surface area contributed by atoms with Crippen LogP contribution in [0.25, 0.3) is 0 Å². The molecule has 1 fully saturated rings. The Balaban J connectivity index is 1.88. The van der Waals surface area contributed by atoms with Crippen molar-refractivity contribution in [2.24, 2.45) is 0 Å². The Morgan fingerprint density at radius 1 is 1.14 bits per heavy atom. The zero-order valence-electron chi connectivity index (χ0n) is 12.5. The first-order chi connectivity index (χ1) is 9.91. The number of aliphatic hydroxyl groups excluding tert-OH is 1. The normalized spacial score (nSPS) is 19.8. The molecular formula is C14H23N3O3S. The van der Waals surface area contributed by atoms with Crippen LogP contribution in [0.2, 0.25) is 0 Å². The van der Waals surface area contributed by atoms with E-state index in [1.807, 2.05) is 30.3 Å². The van der Waals surface area contributed by atoms with Gasteiger partial charge in [-0.25, -0.2) is 0 Å². The third-order valence-corrected chi connectivity index (χ3v) is 5.68. The van der Waals surface area contributed by atoms with Gasteiger partial charge in [-0.1, -0.05) is 30.3 Å². The molecule has 1 aliphatic heterocycles. The van der Waals surface area contributed by atoms with Gasteiger partial charge in [-0.15, -0.1) is 0 Å². The van der Waals surface area contributed by atoms with Gasteiger partial charge in [-0.05, 0) is 5.56 Å². The molecule has 0 bridgehead atoms. The van der Waals surface area contributed by atoms with Gasteiger partial charge in [0.05, 0.1) is 6.10 Å². The molecular weight excluding hydrogens is 290 g/mol. The summed E-state index contributed by atoms with van der Waals surface area (Å²) in [5, 5.41) is 10.2. The maximum absolute atomic E-state index is 12.0. The minimum atomic E-state index is -3.33. The number of hydrogen-bond acceptors (Lipinski definition) is 4. The lowest BCUT2D eigenvalue weighted by atomic mass is 10.1. The van der Waals surface area contributed by atoms with Crippen LogP contribution in [0, 0.1) is 0 Å².